The quantitative estimate of drug-likeness (QED) is 0.664. The van der Waals surface area contributed by atoms with Crippen LogP contribution >= 0.6 is 0 Å². The van der Waals surface area contributed by atoms with E-state index in [1.807, 2.05) is 30.3 Å². The average Bonchev–Trinajstić information content (AvgIpc) is 3.14. The lowest BCUT2D eigenvalue weighted by Crippen LogP contribution is -2.43. The largest absolute Gasteiger partial charge is 0.368 e. The minimum atomic E-state index is -0.235. The lowest BCUT2D eigenvalue weighted by atomic mass is 10.0. The number of morpholine rings is 1. The highest BCUT2D eigenvalue weighted by Gasteiger charge is 2.27. The number of benzene rings is 1. The van der Waals surface area contributed by atoms with Crippen LogP contribution in [0.3, 0.4) is 0 Å². The molecule has 1 aromatic carbocycles. The highest BCUT2D eigenvalue weighted by atomic mass is 16.6. The van der Waals surface area contributed by atoms with Crippen molar-refractivity contribution in [1.29, 1.82) is 0 Å². The molecule has 29 heavy (non-hydrogen) atoms. The van der Waals surface area contributed by atoms with Crippen molar-refractivity contribution in [2.45, 2.75) is 32.8 Å². The summed E-state index contributed by atoms with van der Waals surface area (Å²) in [6.07, 6.45) is 0.720. The van der Waals surface area contributed by atoms with Crippen molar-refractivity contribution < 1.29 is 14.2 Å². The van der Waals surface area contributed by atoms with Crippen LogP contribution in [0, 0.1) is 13.8 Å². The fourth-order valence-corrected chi connectivity index (χ4v) is 3.50. The van der Waals surface area contributed by atoms with E-state index in [4.69, 9.17) is 9.72 Å². The SMILES string of the molecule is Cc1ccccc1Cc1cccc([C@H]2CN(C(=O)Cc3nonc3C)CCO2)n1. The first-order valence-electron chi connectivity index (χ1n) is 9.78. The van der Waals surface area contributed by atoms with Gasteiger partial charge < -0.3 is 9.64 Å². The molecular weight excluding hydrogens is 368 g/mol. The predicted octanol–water partition coefficient (Wildman–Crippen LogP) is 2.81. The number of amides is 1. The first-order valence-corrected chi connectivity index (χ1v) is 9.78. The van der Waals surface area contributed by atoms with E-state index in [9.17, 15) is 4.79 Å². The van der Waals surface area contributed by atoms with Crippen LogP contribution in [-0.4, -0.2) is 45.8 Å². The molecule has 0 radical (unpaired) electrons. The van der Waals surface area contributed by atoms with Crippen molar-refractivity contribution in [3.63, 3.8) is 0 Å². The number of rotatable bonds is 5. The summed E-state index contributed by atoms with van der Waals surface area (Å²) in [4.78, 5) is 19.3. The van der Waals surface area contributed by atoms with Crippen LogP contribution in [0.25, 0.3) is 0 Å². The molecule has 4 rings (SSSR count). The van der Waals surface area contributed by atoms with Gasteiger partial charge in [-0.3, -0.25) is 9.78 Å². The number of hydrogen-bond donors (Lipinski definition) is 0. The van der Waals surface area contributed by atoms with Crippen molar-refractivity contribution in [3.05, 3.63) is 76.4 Å². The molecule has 1 amide bonds. The number of ether oxygens (including phenoxy) is 1. The zero-order chi connectivity index (χ0) is 20.2. The summed E-state index contributed by atoms with van der Waals surface area (Å²) < 4.78 is 10.6. The van der Waals surface area contributed by atoms with E-state index in [-0.39, 0.29) is 18.4 Å². The summed E-state index contributed by atoms with van der Waals surface area (Å²) in [6, 6.07) is 14.3. The number of carbonyl (C=O) groups is 1. The zero-order valence-corrected chi connectivity index (χ0v) is 16.7. The maximum Gasteiger partial charge on any atom is 0.228 e. The molecule has 0 unspecified atom stereocenters. The molecule has 1 atom stereocenters. The number of hydrogen-bond acceptors (Lipinski definition) is 6. The number of nitrogens with zero attached hydrogens (tertiary/aromatic N) is 4. The van der Waals surface area contributed by atoms with Crippen LogP contribution in [0.15, 0.2) is 47.1 Å². The van der Waals surface area contributed by atoms with Crippen LogP contribution in [0.1, 0.15) is 40.0 Å². The summed E-state index contributed by atoms with van der Waals surface area (Å²) in [5.41, 5.74) is 5.59. The first kappa shape index (κ1) is 19.3. The predicted molar refractivity (Wildman–Crippen MR) is 106 cm³/mol. The maximum absolute atomic E-state index is 12.7. The second-order valence-electron chi connectivity index (χ2n) is 7.33. The zero-order valence-electron chi connectivity index (χ0n) is 16.7. The molecule has 7 heteroatoms. The molecule has 0 spiro atoms. The van der Waals surface area contributed by atoms with Crippen LogP contribution in [0.4, 0.5) is 0 Å². The van der Waals surface area contributed by atoms with Gasteiger partial charge in [-0.1, -0.05) is 40.6 Å². The maximum atomic E-state index is 12.7. The fourth-order valence-electron chi connectivity index (χ4n) is 3.50. The monoisotopic (exact) mass is 392 g/mol. The number of pyridine rings is 1. The van der Waals surface area contributed by atoms with Crippen LogP contribution < -0.4 is 0 Å². The third kappa shape index (κ3) is 4.51. The van der Waals surface area contributed by atoms with E-state index in [0.29, 0.717) is 31.1 Å². The Labute approximate surface area is 169 Å². The van der Waals surface area contributed by atoms with Crippen molar-refractivity contribution in [3.8, 4) is 0 Å². The lowest BCUT2D eigenvalue weighted by molar-refractivity contribution is -0.138. The molecule has 1 aliphatic heterocycles. The van der Waals surface area contributed by atoms with Gasteiger partial charge >= 0.3 is 0 Å². The topological polar surface area (TPSA) is 81.4 Å². The molecule has 0 N–H and O–H groups in total. The minimum Gasteiger partial charge on any atom is -0.368 e. The first-order chi connectivity index (χ1) is 14.1. The molecule has 3 aromatic rings. The summed E-state index contributed by atoms with van der Waals surface area (Å²) in [5, 5.41) is 7.55. The molecule has 7 nitrogen and oxygen atoms in total. The molecule has 0 saturated carbocycles. The molecule has 2 aromatic heterocycles. The van der Waals surface area contributed by atoms with Gasteiger partial charge in [-0.25, -0.2) is 4.63 Å². The Morgan fingerprint density at radius 2 is 2.00 bits per heavy atom. The van der Waals surface area contributed by atoms with Gasteiger partial charge in [0.15, 0.2) is 0 Å². The van der Waals surface area contributed by atoms with E-state index in [0.717, 1.165) is 17.8 Å². The Morgan fingerprint density at radius 1 is 1.14 bits per heavy atom. The Hall–Kier alpha value is -3.06. The van der Waals surface area contributed by atoms with Crippen molar-refractivity contribution in [2.75, 3.05) is 19.7 Å². The molecule has 1 aliphatic rings. The van der Waals surface area contributed by atoms with Crippen LogP contribution in [0.2, 0.25) is 0 Å². The number of carbonyl (C=O) groups excluding carboxylic acids is 1. The van der Waals surface area contributed by atoms with Gasteiger partial charge in [0, 0.05) is 18.7 Å². The standard InChI is InChI=1S/C22H24N4O3/c1-15-6-3-4-7-17(15)12-18-8-5-9-19(23-18)21-14-26(10-11-28-21)22(27)13-20-16(2)24-29-25-20/h3-9,21H,10-14H2,1-2H3/t21-/m1/s1. The normalized spacial score (nSPS) is 16.8. The number of aromatic nitrogens is 3. The van der Waals surface area contributed by atoms with Gasteiger partial charge in [-0.15, -0.1) is 0 Å². The van der Waals surface area contributed by atoms with Gasteiger partial charge in [0.25, 0.3) is 0 Å². The highest BCUT2D eigenvalue weighted by Crippen LogP contribution is 2.22. The van der Waals surface area contributed by atoms with Crippen molar-refractivity contribution in [2.24, 2.45) is 0 Å². The summed E-state index contributed by atoms with van der Waals surface area (Å²) >= 11 is 0. The molecule has 3 heterocycles. The van der Waals surface area contributed by atoms with Crippen LogP contribution in [-0.2, 0) is 22.4 Å². The Balaban J connectivity index is 1.45. The van der Waals surface area contributed by atoms with Gasteiger partial charge in [-0.05, 0) is 37.1 Å². The van der Waals surface area contributed by atoms with Gasteiger partial charge in [0.2, 0.25) is 5.91 Å². The lowest BCUT2D eigenvalue weighted by Gasteiger charge is -2.32. The van der Waals surface area contributed by atoms with Gasteiger partial charge in [-0.2, -0.15) is 0 Å². The minimum absolute atomic E-state index is 0.00633. The molecule has 1 fully saturated rings. The third-order valence-electron chi connectivity index (χ3n) is 5.28. The smallest absolute Gasteiger partial charge is 0.228 e. The van der Waals surface area contributed by atoms with E-state index < -0.39 is 0 Å². The summed E-state index contributed by atoms with van der Waals surface area (Å²) in [7, 11) is 0. The molecule has 1 saturated heterocycles. The second kappa shape index (κ2) is 8.53. The van der Waals surface area contributed by atoms with E-state index in [1.54, 1.807) is 11.8 Å². The second-order valence-corrected chi connectivity index (χ2v) is 7.33. The Morgan fingerprint density at radius 3 is 2.79 bits per heavy atom. The molecule has 0 aliphatic carbocycles. The van der Waals surface area contributed by atoms with Crippen molar-refractivity contribution in [1.82, 2.24) is 20.2 Å². The third-order valence-corrected chi connectivity index (χ3v) is 5.28. The summed E-state index contributed by atoms with van der Waals surface area (Å²) in [6.45, 7) is 5.41. The highest BCUT2D eigenvalue weighted by molar-refractivity contribution is 5.78. The van der Waals surface area contributed by atoms with Crippen molar-refractivity contribution >= 4 is 5.91 Å². The van der Waals surface area contributed by atoms with E-state index in [2.05, 4.69) is 34.0 Å². The molecule has 0 bridgehead atoms. The van der Waals surface area contributed by atoms with Gasteiger partial charge in [0.05, 0.1) is 25.3 Å². The van der Waals surface area contributed by atoms with E-state index in [1.165, 1.54) is 11.1 Å². The average molecular weight is 392 g/mol. The molecule has 150 valence electrons. The van der Waals surface area contributed by atoms with E-state index >= 15 is 0 Å². The molecular formula is C22H24N4O3. The van der Waals surface area contributed by atoms with Crippen LogP contribution in [0.5, 0.6) is 0 Å². The van der Waals surface area contributed by atoms with Gasteiger partial charge in [0.1, 0.15) is 17.5 Å². The number of aryl methyl sites for hydroxylation is 2. The summed E-state index contributed by atoms with van der Waals surface area (Å²) in [5.74, 6) is -0.00633. The fraction of sp³-hybridized carbons (Fsp3) is 0.364. The Bertz CT molecular complexity index is 1000. The Kier molecular flexibility index (Phi) is 5.67.